The zero-order valence-corrected chi connectivity index (χ0v) is 12.2. The van der Waals surface area contributed by atoms with E-state index in [4.69, 9.17) is 11.6 Å². The SMILES string of the molecule is CCCC(O)CNC(=O)Nc1c(C)cc(C)nc1Cl. The van der Waals surface area contributed by atoms with Gasteiger partial charge in [0, 0.05) is 12.2 Å². The van der Waals surface area contributed by atoms with Gasteiger partial charge in [0.2, 0.25) is 0 Å². The zero-order chi connectivity index (χ0) is 14.4. The van der Waals surface area contributed by atoms with Gasteiger partial charge in [-0.15, -0.1) is 0 Å². The Bertz CT molecular complexity index is 429. The van der Waals surface area contributed by atoms with Crippen LogP contribution in [0.2, 0.25) is 5.15 Å². The molecule has 1 aromatic heterocycles. The first kappa shape index (κ1) is 15.7. The van der Waals surface area contributed by atoms with Gasteiger partial charge in [0.15, 0.2) is 5.15 Å². The Morgan fingerprint density at radius 3 is 2.79 bits per heavy atom. The third-order valence-corrected chi connectivity index (χ3v) is 2.93. The molecule has 0 saturated carbocycles. The van der Waals surface area contributed by atoms with Crippen molar-refractivity contribution in [3.05, 3.63) is 22.5 Å². The molecule has 1 unspecified atom stereocenters. The van der Waals surface area contributed by atoms with Gasteiger partial charge in [-0.25, -0.2) is 9.78 Å². The van der Waals surface area contributed by atoms with E-state index in [-0.39, 0.29) is 11.7 Å². The first-order valence-corrected chi connectivity index (χ1v) is 6.68. The third kappa shape index (κ3) is 5.04. The molecular weight excluding hydrogens is 266 g/mol. The highest BCUT2D eigenvalue weighted by Gasteiger charge is 2.11. The molecule has 0 saturated heterocycles. The van der Waals surface area contributed by atoms with Gasteiger partial charge < -0.3 is 15.7 Å². The maximum atomic E-state index is 11.7. The molecule has 0 aromatic carbocycles. The van der Waals surface area contributed by atoms with Crippen molar-refractivity contribution in [3.8, 4) is 0 Å². The molecule has 0 fully saturated rings. The second-order valence-corrected chi connectivity index (χ2v) is 4.88. The van der Waals surface area contributed by atoms with E-state index < -0.39 is 12.1 Å². The molecule has 1 aromatic rings. The second-order valence-electron chi connectivity index (χ2n) is 4.52. The van der Waals surface area contributed by atoms with Crippen LogP contribution in [-0.4, -0.2) is 28.8 Å². The van der Waals surface area contributed by atoms with E-state index in [9.17, 15) is 9.90 Å². The van der Waals surface area contributed by atoms with Crippen molar-refractivity contribution in [1.29, 1.82) is 0 Å². The van der Waals surface area contributed by atoms with Crippen LogP contribution < -0.4 is 10.6 Å². The third-order valence-electron chi connectivity index (χ3n) is 2.66. The van der Waals surface area contributed by atoms with Crippen LogP contribution in [0.1, 0.15) is 31.0 Å². The Balaban J connectivity index is 2.58. The average molecular weight is 286 g/mol. The lowest BCUT2D eigenvalue weighted by Gasteiger charge is -2.13. The first-order valence-electron chi connectivity index (χ1n) is 6.30. The van der Waals surface area contributed by atoms with Gasteiger partial charge in [-0.2, -0.15) is 0 Å². The van der Waals surface area contributed by atoms with Crippen LogP contribution in [0.3, 0.4) is 0 Å². The van der Waals surface area contributed by atoms with Crippen LogP contribution in [0.25, 0.3) is 0 Å². The molecule has 5 nitrogen and oxygen atoms in total. The quantitative estimate of drug-likeness (QED) is 0.728. The van der Waals surface area contributed by atoms with E-state index in [0.29, 0.717) is 12.1 Å². The number of hydrogen-bond acceptors (Lipinski definition) is 3. The molecule has 1 rings (SSSR count). The Morgan fingerprint density at radius 2 is 2.21 bits per heavy atom. The number of pyridine rings is 1. The number of amides is 2. The Kier molecular flexibility index (Phi) is 6.05. The fourth-order valence-electron chi connectivity index (χ4n) is 1.74. The first-order chi connectivity index (χ1) is 8.93. The number of urea groups is 1. The molecule has 6 heteroatoms. The highest BCUT2D eigenvalue weighted by atomic mass is 35.5. The maximum absolute atomic E-state index is 11.7. The fourth-order valence-corrected chi connectivity index (χ4v) is 2.07. The monoisotopic (exact) mass is 285 g/mol. The minimum absolute atomic E-state index is 0.218. The van der Waals surface area contributed by atoms with Crippen LogP contribution in [0, 0.1) is 13.8 Å². The number of aromatic nitrogens is 1. The van der Waals surface area contributed by atoms with E-state index in [0.717, 1.165) is 17.7 Å². The van der Waals surface area contributed by atoms with Crippen molar-refractivity contribution in [2.75, 3.05) is 11.9 Å². The number of aliphatic hydroxyl groups excluding tert-OH is 1. The van der Waals surface area contributed by atoms with Crippen molar-refractivity contribution in [2.45, 2.75) is 39.7 Å². The van der Waals surface area contributed by atoms with Gasteiger partial charge in [0.1, 0.15) is 0 Å². The molecule has 0 bridgehead atoms. The summed E-state index contributed by atoms with van der Waals surface area (Å²) in [7, 11) is 0. The molecular formula is C13H20ClN3O2. The lowest BCUT2D eigenvalue weighted by molar-refractivity contribution is 0.162. The number of hydrogen-bond donors (Lipinski definition) is 3. The van der Waals surface area contributed by atoms with Crippen molar-refractivity contribution in [3.63, 3.8) is 0 Å². The molecule has 0 aliphatic heterocycles. The summed E-state index contributed by atoms with van der Waals surface area (Å²) in [6.07, 6.45) is 1.01. The number of rotatable bonds is 5. The van der Waals surface area contributed by atoms with E-state index in [2.05, 4.69) is 15.6 Å². The summed E-state index contributed by atoms with van der Waals surface area (Å²) in [5, 5.41) is 15.0. The number of aryl methyl sites for hydroxylation is 2. The Hall–Kier alpha value is -1.33. The summed E-state index contributed by atoms with van der Waals surface area (Å²) in [5.74, 6) is 0. The molecule has 0 spiro atoms. The van der Waals surface area contributed by atoms with Crippen LogP contribution in [-0.2, 0) is 0 Å². The number of halogens is 1. The summed E-state index contributed by atoms with van der Waals surface area (Å²) in [6, 6.07) is 1.44. The highest BCUT2D eigenvalue weighted by Crippen LogP contribution is 2.24. The smallest absolute Gasteiger partial charge is 0.319 e. The number of nitrogens with one attached hydrogen (secondary N) is 2. The Labute approximate surface area is 118 Å². The number of aliphatic hydroxyl groups is 1. The maximum Gasteiger partial charge on any atom is 0.319 e. The van der Waals surface area contributed by atoms with Crippen molar-refractivity contribution < 1.29 is 9.90 Å². The van der Waals surface area contributed by atoms with Crippen LogP contribution in [0.15, 0.2) is 6.07 Å². The molecule has 1 atom stereocenters. The molecule has 106 valence electrons. The lowest BCUT2D eigenvalue weighted by Crippen LogP contribution is -2.35. The van der Waals surface area contributed by atoms with Gasteiger partial charge in [0.05, 0.1) is 11.8 Å². The van der Waals surface area contributed by atoms with Crippen molar-refractivity contribution in [1.82, 2.24) is 10.3 Å². The van der Waals surface area contributed by atoms with Crippen molar-refractivity contribution >= 4 is 23.3 Å². The minimum Gasteiger partial charge on any atom is -0.391 e. The summed E-state index contributed by atoms with van der Waals surface area (Å²) in [5.41, 5.74) is 2.14. The minimum atomic E-state index is -0.525. The van der Waals surface area contributed by atoms with E-state index in [1.165, 1.54) is 0 Å². The number of anilines is 1. The van der Waals surface area contributed by atoms with Crippen LogP contribution >= 0.6 is 11.6 Å². The predicted molar refractivity (Wildman–Crippen MR) is 76.7 cm³/mol. The fraction of sp³-hybridized carbons (Fsp3) is 0.538. The number of carbonyl (C=O) groups is 1. The lowest BCUT2D eigenvalue weighted by atomic mass is 10.2. The topological polar surface area (TPSA) is 74.2 Å². The summed E-state index contributed by atoms with van der Waals surface area (Å²) >= 11 is 5.99. The van der Waals surface area contributed by atoms with Crippen LogP contribution in [0.5, 0.6) is 0 Å². The second kappa shape index (κ2) is 7.31. The van der Waals surface area contributed by atoms with Gasteiger partial charge in [-0.05, 0) is 31.9 Å². The molecule has 0 radical (unpaired) electrons. The summed E-state index contributed by atoms with van der Waals surface area (Å²) in [6.45, 7) is 5.88. The van der Waals surface area contributed by atoms with E-state index in [1.807, 2.05) is 26.8 Å². The summed E-state index contributed by atoms with van der Waals surface area (Å²) < 4.78 is 0. The largest absolute Gasteiger partial charge is 0.391 e. The normalized spacial score (nSPS) is 12.1. The highest BCUT2D eigenvalue weighted by molar-refractivity contribution is 6.32. The Morgan fingerprint density at radius 1 is 1.53 bits per heavy atom. The summed E-state index contributed by atoms with van der Waals surface area (Å²) in [4.78, 5) is 15.8. The van der Waals surface area contributed by atoms with Gasteiger partial charge >= 0.3 is 6.03 Å². The predicted octanol–water partition coefficient (Wildman–Crippen LogP) is 2.63. The van der Waals surface area contributed by atoms with Crippen LogP contribution in [0.4, 0.5) is 10.5 Å². The van der Waals surface area contributed by atoms with Crippen molar-refractivity contribution in [2.24, 2.45) is 0 Å². The zero-order valence-electron chi connectivity index (χ0n) is 11.5. The van der Waals surface area contributed by atoms with Gasteiger partial charge in [0.25, 0.3) is 0 Å². The number of carbonyl (C=O) groups excluding carboxylic acids is 1. The molecule has 0 aliphatic carbocycles. The van der Waals surface area contributed by atoms with Gasteiger partial charge in [-0.3, -0.25) is 0 Å². The molecule has 0 aliphatic rings. The molecule has 3 N–H and O–H groups in total. The van der Waals surface area contributed by atoms with E-state index in [1.54, 1.807) is 0 Å². The average Bonchev–Trinajstić information content (AvgIpc) is 2.31. The standard InChI is InChI=1S/C13H20ClN3O2/c1-4-5-10(18)7-15-13(19)17-11-8(2)6-9(3)16-12(11)14/h6,10,18H,4-5,7H2,1-3H3,(H2,15,17,19). The van der Waals surface area contributed by atoms with E-state index >= 15 is 0 Å². The molecule has 2 amide bonds. The van der Waals surface area contributed by atoms with Gasteiger partial charge in [-0.1, -0.05) is 24.9 Å². The number of nitrogens with zero attached hydrogens (tertiary/aromatic N) is 1. The molecule has 1 heterocycles. The molecule has 19 heavy (non-hydrogen) atoms.